The van der Waals surface area contributed by atoms with Crippen LogP contribution in [-0.4, -0.2) is 13.0 Å². The van der Waals surface area contributed by atoms with Crippen LogP contribution in [0.1, 0.15) is 18.4 Å². The highest BCUT2D eigenvalue weighted by atomic mass is 19.1. The van der Waals surface area contributed by atoms with Crippen LogP contribution in [0.3, 0.4) is 0 Å². The topological polar surface area (TPSA) is 62.1 Å². The number of ether oxygens (including phenoxy) is 1. The molecule has 0 aliphatic rings. The first-order valence-corrected chi connectivity index (χ1v) is 5.13. The molecule has 0 atom stereocenters. The van der Waals surface area contributed by atoms with Gasteiger partial charge >= 0.3 is 0 Å². The van der Waals surface area contributed by atoms with E-state index >= 15 is 0 Å². The Labute approximate surface area is 99.0 Å². The quantitative estimate of drug-likeness (QED) is 0.847. The molecular formula is C12H13FN2O2. The first-order valence-electron chi connectivity index (χ1n) is 5.13. The van der Waals surface area contributed by atoms with Crippen LogP contribution in [0.5, 0.6) is 5.75 Å². The largest absolute Gasteiger partial charge is 0.496 e. The smallest absolute Gasteiger partial charge is 0.221 e. The lowest BCUT2D eigenvalue weighted by atomic mass is 10.2. The summed E-state index contributed by atoms with van der Waals surface area (Å²) in [5.74, 6) is -0.100. The van der Waals surface area contributed by atoms with Gasteiger partial charge in [0.2, 0.25) is 5.91 Å². The van der Waals surface area contributed by atoms with Gasteiger partial charge in [-0.2, -0.15) is 5.26 Å². The number of methoxy groups -OCH3 is 1. The minimum atomic E-state index is -0.382. The average Bonchev–Trinajstić information content (AvgIpc) is 2.34. The Morgan fingerprint density at radius 1 is 1.59 bits per heavy atom. The maximum atomic E-state index is 13.0. The van der Waals surface area contributed by atoms with Crippen molar-refractivity contribution in [2.24, 2.45) is 0 Å². The first-order chi connectivity index (χ1) is 8.17. The number of carbonyl (C=O) groups excluding carboxylic acids is 1. The second-order valence-corrected chi connectivity index (χ2v) is 3.39. The van der Waals surface area contributed by atoms with E-state index < -0.39 is 0 Å². The molecule has 4 nitrogen and oxygen atoms in total. The fraction of sp³-hybridized carbons (Fsp3) is 0.333. The molecule has 1 amide bonds. The van der Waals surface area contributed by atoms with E-state index in [-0.39, 0.29) is 31.1 Å². The van der Waals surface area contributed by atoms with Crippen molar-refractivity contribution in [2.75, 3.05) is 7.11 Å². The minimum Gasteiger partial charge on any atom is -0.496 e. The molecule has 0 aromatic heterocycles. The first kappa shape index (κ1) is 13.0. The van der Waals surface area contributed by atoms with Crippen molar-refractivity contribution in [1.82, 2.24) is 5.32 Å². The minimum absolute atomic E-state index is 0.147. The molecule has 0 aliphatic carbocycles. The lowest BCUT2D eigenvalue weighted by Crippen LogP contribution is -2.22. The van der Waals surface area contributed by atoms with Crippen LogP contribution in [0.25, 0.3) is 0 Å². The zero-order chi connectivity index (χ0) is 12.7. The van der Waals surface area contributed by atoms with E-state index in [0.717, 1.165) is 0 Å². The van der Waals surface area contributed by atoms with Gasteiger partial charge in [-0.25, -0.2) is 4.39 Å². The van der Waals surface area contributed by atoms with Gasteiger partial charge in [-0.3, -0.25) is 4.79 Å². The van der Waals surface area contributed by atoms with E-state index in [1.54, 1.807) is 0 Å². The molecule has 0 aliphatic heterocycles. The molecule has 1 N–H and O–H groups in total. The van der Waals surface area contributed by atoms with Gasteiger partial charge in [-0.1, -0.05) is 0 Å². The number of carbonyl (C=O) groups is 1. The highest BCUT2D eigenvalue weighted by molar-refractivity contribution is 5.76. The van der Waals surface area contributed by atoms with Crippen LogP contribution in [-0.2, 0) is 11.3 Å². The van der Waals surface area contributed by atoms with E-state index in [1.807, 2.05) is 6.07 Å². The SMILES string of the molecule is COc1ccc(F)cc1CNC(=O)CCC#N. The number of rotatable bonds is 5. The summed E-state index contributed by atoms with van der Waals surface area (Å²) in [7, 11) is 1.48. The molecule has 0 radical (unpaired) electrons. The fourth-order valence-corrected chi connectivity index (χ4v) is 1.34. The van der Waals surface area contributed by atoms with Gasteiger partial charge < -0.3 is 10.1 Å². The summed E-state index contributed by atoms with van der Waals surface area (Å²) in [5, 5.41) is 10.9. The zero-order valence-electron chi connectivity index (χ0n) is 9.50. The van der Waals surface area contributed by atoms with E-state index in [2.05, 4.69) is 5.32 Å². The summed E-state index contributed by atoms with van der Waals surface area (Å²) >= 11 is 0. The number of amides is 1. The molecule has 1 aromatic rings. The molecule has 5 heteroatoms. The van der Waals surface area contributed by atoms with Gasteiger partial charge in [0.1, 0.15) is 11.6 Å². The fourth-order valence-electron chi connectivity index (χ4n) is 1.34. The molecule has 17 heavy (non-hydrogen) atoms. The highest BCUT2D eigenvalue weighted by Gasteiger charge is 2.06. The molecule has 0 saturated heterocycles. The van der Waals surface area contributed by atoms with Gasteiger partial charge in [0.05, 0.1) is 13.2 Å². The van der Waals surface area contributed by atoms with Gasteiger partial charge in [0, 0.05) is 24.9 Å². The lowest BCUT2D eigenvalue weighted by molar-refractivity contribution is -0.121. The van der Waals surface area contributed by atoms with Crippen molar-refractivity contribution in [1.29, 1.82) is 5.26 Å². The Kier molecular flexibility index (Phi) is 4.95. The van der Waals surface area contributed by atoms with Crippen LogP contribution in [0.2, 0.25) is 0 Å². The number of hydrogen-bond acceptors (Lipinski definition) is 3. The summed E-state index contributed by atoms with van der Waals surface area (Å²) in [6.45, 7) is 0.186. The number of hydrogen-bond donors (Lipinski definition) is 1. The summed E-state index contributed by atoms with van der Waals surface area (Å²) in [6, 6.07) is 5.99. The van der Waals surface area contributed by atoms with Crippen molar-refractivity contribution in [3.8, 4) is 11.8 Å². The molecular weight excluding hydrogens is 223 g/mol. The molecule has 0 unspecified atom stereocenters. The van der Waals surface area contributed by atoms with Crippen molar-refractivity contribution < 1.29 is 13.9 Å². The third-order valence-electron chi connectivity index (χ3n) is 2.18. The molecule has 0 saturated carbocycles. The number of nitrogens with one attached hydrogen (secondary N) is 1. The predicted octanol–water partition coefficient (Wildman–Crippen LogP) is 1.75. The summed E-state index contributed by atoms with van der Waals surface area (Å²) in [6.07, 6.45) is 0.320. The molecule has 0 bridgehead atoms. The summed E-state index contributed by atoms with van der Waals surface area (Å²) in [5.41, 5.74) is 0.567. The average molecular weight is 236 g/mol. The van der Waals surface area contributed by atoms with E-state index in [0.29, 0.717) is 11.3 Å². The third-order valence-corrected chi connectivity index (χ3v) is 2.18. The van der Waals surface area contributed by atoms with Crippen molar-refractivity contribution in [2.45, 2.75) is 19.4 Å². The van der Waals surface area contributed by atoms with Crippen LogP contribution < -0.4 is 10.1 Å². The third kappa shape index (κ3) is 4.11. The van der Waals surface area contributed by atoms with Gasteiger partial charge in [-0.15, -0.1) is 0 Å². The Balaban J connectivity index is 2.59. The molecule has 0 spiro atoms. The van der Waals surface area contributed by atoms with Gasteiger partial charge in [-0.05, 0) is 18.2 Å². The monoisotopic (exact) mass is 236 g/mol. The van der Waals surface area contributed by atoms with Crippen LogP contribution in [0.4, 0.5) is 4.39 Å². The van der Waals surface area contributed by atoms with Gasteiger partial charge in [0.25, 0.3) is 0 Å². The van der Waals surface area contributed by atoms with Crippen molar-refractivity contribution in [3.63, 3.8) is 0 Å². The Bertz CT molecular complexity index is 441. The summed E-state index contributed by atoms with van der Waals surface area (Å²) in [4.78, 5) is 11.3. The molecule has 0 heterocycles. The van der Waals surface area contributed by atoms with Crippen molar-refractivity contribution >= 4 is 5.91 Å². The van der Waals surface area contributed by atoms with E-state index in [9.17, 15) is 9.18 Å². The van der Waals surface area contributed by atoms with E-state index in [1.165, 1.54) is 25.3 Å². The normalized spacial score (nSPS) is 9.47. The Morgan fingerprint density at radius 3 is 3.00 bits per heavy atom. The van der Waals surface area contributed by atoms with Gasteiger partial charge in [0.15, 0.2) is 0 Å². The lowest BCUT2D eigenvalue weighted by Gasteiger charge is -2.09. The Hall–Kier alpha value is -2.09. The number of benzene rings is 1. The van der Waals surface area contributed by atoms with Crippen molar-refractivity contribution in [3.05, 3.63) is 29.6 Å². The highest BCUT2D eigenvalue weighted by Crippen LogP contribution is 2.18. The zero-order valence-corrected chi connectivity index (χ0v) is 9.50. The maximum Gasteiger partial charge on any atom is 0.221 e. The number of halogens is 1. The predicted molar refractivity (Wildman–Crippen MR) is 59.6 cm³/mol. The molecule has 1 aromatic carbocycles. The van der Waals surface area contributed by atoms with E-state index in [4.69, 9.17) is 10.00 Å². The Morgan fingerprint density at radius 2 is 2.35 bits per heavy atom. The molecule has 0 fully saturated rings. The molecule has 90 valence electrons. The number of nitriles is 1. The van der Waals surface area contributed by atoms with Crippen LogP contribution in [0.15, 0.2) is 18.2 Å². The summed E-state index contributed by atoms with van der Waals surface area (Å²) < 4.78 is 18.0. The number of nitrogens with zero attached hydrogens (tertiary/aromatic N) is 1. The standard InChI is InChI=1S/C12H13FN2O2/c1-17-11-5-4-10(13)7-9(11)8-15-12(16)3-2-6-14/h4-5,7H,2-3,8H2,1H3,(H,15,16). The second kappa shape index (κ2) is 6.48. The maximum absolute atomic E-state index is 13.0. The molecule has 1 rings (SSSR count). The van der Waals surface area contributed by atoms with Crippen LogP contribution >= 0.6 is 0 Å². The van der Waals surface area contributed by atoms with Crippen LogP contribution in [0, 0.1) is 17.1 Å². The second-order valence-electron chi connectivity index (χ2n) is 3.39.